The number of anilines is 3. The third-order valence-corrected chi connectivity index (χ3v) is 3.85. The number of fused-ring (bicyclic) bond motifs is 1. The van der Waals surface area contributed by atoms with E-state index in [4.69, 9.17) is 10.8 Å². The van der Waals surface area contributed by atoms with Crippen LogP contribution in [0.3, 0.4) is 0 Å². The molecule has 0 fully saturated rings. The Hall–Kier alpha value is -2.14. The number of benzene rings is 1. The molecule has 3 N–H and O–H groups in total. The summed E-state index contributed by atoms with van der Waals surface area (Å²) < 4.78 is 0. The van der Waals surface area contributed by atoms with Crippen molar-refractivity contribution in [2.24, 2.45) is 5.84 Å². The first-order valence-electron chi connectivity index (χ1n) is 7.33. The molecule has 0 aliphatic carbocycles. The van der Waals surface area contributed by atoms with E-state index in [1.807, 2.05) is 6.07 Å². The number of hydrogen-bond acceptors (Lipinski definition) is 5. The topological polar surface area (TPSA) is 67.1 Å². The molecule has 2 heterocycles. The zero-order valence-corrected chi connectivity index (χ0v) is 12.7. The summed E-state index contributed by atoms with van der Waals surface area (Å²) >= 11 is 0. The number of rotatable bonds is 3. The molecular weight excluding hydrogens is 262 g/mol. The van der Waals surface area contributed by atoms with Gasteiger partial charge in [-0.25, -0.2) is 15.8 Å². The van der Waals surface area contributed by atoms with Gasteiger partial charge in [0.05, 0.1) is 0 Å². The summed E-state index contributed by atoms with van der Waals surface area (Å²) in [4.78, 5) is 11.4. The van der Waals surface area contributed by atoms with Crippen molar-refractivity contribution in [2.45, 2.75) is 39.2 Å². The van der Waals surface area contributed by atoms with Crippen LogP contribution in [0.15, 0.2) is 30.3 Å². The molecule has 1 aromatic carbocycles. The largest absolute Gasteiger partial charge is 0.323 e. The van der Waals surface area contributed by atoms with E-state index in [0.717, 1.165) is 18.1 Å². The Labute approximate surface area is 125 Å². The fourth-order valence-corrected chi connectivity index (χ4v) is 2.82. The number of aromatic nitrogens is 2. The van der Waals surface area contributed by atoms with Crippen LogP contribution < -0.4 is 16.2 Å². The first-order chi connectivity index (χ1) is 10.1. The zero-order valence-electron chi connectivity index (χ0n) is 12.7. The van der Waals surface area contributed by atoms with Crippen molar-refractivity contribution in [3.05, 3.63) is 41.7 Å². The molecule has 3 rings (SSSR count). The summed E-state index contributed by atoms with van der Waals surface area (Å²) in [6.45, 7) is 6.38. The zero-order chi connectivity index (χ0) is 15.0. The highest BCUT2D eigenvalue weighted by Crippen LogP contribution is 2.37. The van der Waals surface area contributed by atoms with Crippen LogP contribution >= 0.6 is 0 Å². The van der Waals surface area contributed by atoms with E-state index in [1.54, 1.807) is 0 Å². The van der Waals surface area contributed by atoms with Crippen molar-refractivity contribution in [3.63, 3.8) is 0 Å². The van der Waals surface area contributed by atoms with E-state index < -0.39 is 0 Å². The van der Waals surface area contributed by atoms with Gasteiger partial charge in [-0.05, 0) is 25.0 Å². The van der Waals surface area contributed by atoms with Crippen LogP contribution in [0.2, 0.25) is 0 Å². The predicted molar refractivity (Wildman–Crippen MR) is 85.7 cm³/mol. The van der Waals surface area contributed by atoms with E-state index in [0.29, 0.717) is 11.9 Å². The van der Waals surface area contributed by atoms with Gasteiger partial charge in [-0.2, -0.15) is 0 Å². The van der Waals surface area contributed by atoms with Crippen LogP contribution in [0.1, 0.15) is 38.1 Å². The average molecular weight is 283 g/mol. The predicted octanol–water partition coefficient (Wildman–Crippen LogP) is 2.97. The summed E-state index contributed by atoms with van der Waals surface area (Å²) in [5.74, 6) is 8.17. The van der Waals surface area contributed by atoms with Gasteiger partial charge in [-0.3, -0.25) is 0 Å². The Morgan fingerprint density at radius 3 is 2.76 bits per heavy atom. The molecule has 1 atom stereocenters. The second-order valence-corrected chi connectivity index (χ2v) is 5.82. The molecule has 1 aliphatic heterocycles. The van der Waals surface area contributed by atoms with Gasteiger partial charge >= 0.3 is 0 Å². The molecule has 0 saturated heterocycles. The van der Waals surface area contributed by atoms with Crippen LogP contribution in [-0.2, 0) is 6.42 Å². The van der Waals surface area contributed by atoms with Crippen LogP contribution in [0.25, 0.3) is 0 Å². The molecular formula is C16H21N5. The minimum Gasteiger partial charge on any atom is -0.323 e. The quantitative estimate of drug-likeness (QED) is 0.669. The van der Waals surface area contributed by atoms with Crippen molar-refractivity contribution in [2.75, 3.05) is 10.3 Å². The molecule has 2 aromatic rings. The molecule has 0 bridgehead atoms. The Balaban J connectivity index is 2.10. The molecule has 110 valence electrons. The normalized spacial score (nSPS) is 17.2. The van der Waals surface area contributed by atoms with Crippen molar-refractivity contribution >= 4 is 17.3 Å². The molecule has 5 nitrogen and oxygen atoms in total. The van der Waals surface area contributed by atoms with Gasteiger partial charge in [0.15, 0.2) is 0 Å². The van der Waals surface area contributed by atoms with E-state index in [9.17, 15) is 0 Å². The van der Waals surface area contributed by atoms with E-state index in [1.165, 1.54) is 11.3 Å². The highest BCUT2D eigenvalue weighted by Gasteiger charge is 2.28. The molecule has 0 radical (unpaired) electrons. The summed E-state index contributed by atoms with van der Waals surface area (Å²) in [6.07, 6.45) is 1.03. The maximum absolute atomic E-state index is 5.56. The SMILES string of the molecule is CC(C)c1nc(NN)cc(N2c3ccccc3CC2C)n1. The van der Waals surface area contributed by atoms with Gasteiger partial charge in [0.25, 0.3) is 0 Å². The minimum absolute atomic E-state index is 0.255. The fraction of sp³-hybridized carbons (Fsp3) is 0.375. The molecule has 5 heteroatoms. The molecule has 1 unspecified atom stereocenters. The van der Waals surface area contributed by atoms with Crippen LogP contribution in [0.5, 0.6) is 0 Å². The number of hydrazine groups is 1. The highest BCUT2D eigenvalue weighted by atomic mass is 15.3. The van der Waals surface area contributed by atoms with Crippen molar-refractivity contribution < 1.29 is 0 Å². The van der Waals surface area contributed by atoms with Crippen LogP contribution in [0, 0.1) is 0 Å². The summed E-state index contributed by atoms with van der Waals surface area (Å²) in [5, 5.41) is 0. The lowest BCUT2D eigenvalue weighted by Crippen LogP contribution is -2.26. The van der Waals surface area contributed by atoms with E-state index in [2.05, 4.69) is 60.3 Å². The second kappa shape index (κ2) is 5.33. The first-order valence-corrected chi connectivity index (χ1v) is 7.33. The third kappa shape index (κ3) is 2.45. The number of nitrogens with zero attached hydrogens (tertiary/aromatic N) is 3. The smallest absolute Gasteiger partial charge is 0.145 e. The lowest BCUT2D eigenvalue weighted by molar-refractivity contribution is 0.728. The van der Waals surface area contributed by atoms with Crippen LogP contribution in [-0.4, -0.2) is 16.0 Å². The lowest BCUT2D eigenvalue weighted by Gasteiger charge is -2.25. The molecule has 1 aromatic heterocycles. The fourth-order valence-electron chi connectivity index (χ4n) is 2.82. The number of nitrogens with two attached hydrogens (primary N) is 1. The standard InChI is InChI=1S/C16H21N5/c1-10(2)16-18-14(20-17)9-15(19-16)21-11(3)8-12-6-4-5-7-13(12)21/h4-7,9-11H,8,17H2,1-3H3,(H,18,19,20). The molecule has 21 heavy (non-hydrogen) atoms. The summed E-state index contributed by atoms with van der Waals surface area (Å²) in [6, 6.07) is 10.8. The average Bonchev–Trinajstić information content (AvgIpc) is 2.82. The number of para-hydroxylation sites is 1. The minimum atomic E-state index is 0.255. The van der Waals surface area contributed by atoms with Gasteiger partial charge in [-0.15, -0.1) is 0 Å². The van der Waals surface area contributed by atoms with E-state index in [-0.39, 0.29) is 5.92 Å². The van der Waals surface area contributed by atoms with Gasteiger partial charge in [0.1, 0.15) is 17.5 Å². The summed E-state index contributed by atoms with van der Waals surface area (Å²) in [5.41, 5.74) is 5.23. The Morgan fingerprint density at radius 1 is 1.29 bits per heavy atom. The maximum Gasteiger partial charge on any atom is 0.145 e. The summed E-state index contributed by atoms with van der Waals surface area (Å²) in [7, 11) is 0. The monoisotopic (exact) mass is 283 g/mol. The van der Waals surface area contributed by atoms with Gasteiger partial charge in [0.2, 0.25) is 0 Å². The molecule has 1 aliphatic rings. The van der Waals surface area contributed by atoms with Crippen molar-refractivity contribution in [3.8, 4) is 0 Å². The lowest BCUT2D eigenvalue weighted by atomic mass is 10.1. The Morgan fingerprint density at radius 2 is 2.05 bits per heavy atom. The van der Waals surface area contributed by atoms with Gasteiger partial charge in [-0.1, -0.05) is 32.0 Å². The Bertz CT molecular complexity index is 653. The highest BCUT2D eigenvalue weighted by molar-refractivity contribution is 5.70. The Kier molecular flexibility index (Phi) is 3.51. The second-order valence-electron chi connectivity index (χ2n) is 5.82. The van der Waals surface area contributed by atoms with E-state index >= 15 is 0 Å². The molecule has 0 saturated carbocycles. The molecule has 0 amide bonds. The van der Waals surface area contributed by atoms with Gasteiger partial charge in [0, 0.05) is 23.7 Å². The first kappa shape index (κ1) is 13.8. The van der Waals surface area contributed by atoms with Crippen molar-refractivity contribution in [1.29, 1.82) is 0 Å². The maximum atomic E-state index is 5.56. The van der Waals surface area contributed by atoms with Crippen molar-refractivity contribution in [1.82, 2.24) is 9.97 Å². The number of hydrogen-bond donors (Lipinski definition) is 2. The van der Waals surface area contributed by atoms with Gasteiger partial charge < -0.3 is 10.3 Å². The number of nitrogen functional groups attached to an aromatic ring is 1. The third-order valence-electron chi connectivity index (χ3n) is 3.85. The molecule has 0 spiro atoms. The van der Waals surface area contributed by atoms with Crippen LogP contribution in [0.4, 0.5) is 17.3 Å². The number of nitrogens with one attached hydrogen (secondary N) is 1.